The number of benzene rings is 1. The summed E-state index contributed by atoms with van der Waals surface area (Å²) in [5, 5.41) is 8.27. The molecule has 12 heavy (non-hydrogen) atoms. The molecule has 0 fully saturated rings. The van der Waals surface area contributed by atoms with Crippen LogP contribution < -0.4 is 0 Å². The van der Waals surface area contributed by atoms with Crippen molar-refractivity contribution in [2.45, 2.75) is 13.3 Å². The summed E-state index contributed by atoms with van der Waals surface area (Å²) in [5.74, 6) is 5.20. The van der Waals surface area contributed by atoms with Gasteiger partial charge in [-0.05, 0) is 18.1 Å². The van der Waals surface area contributed by atoms with Gasteiger partial charge in [0.15, 0.2) is 6.07 Å². The smallest absolute Gasteiger partial charge is 0.152 e. The van der Waals surface area contributed by atoms with Gasteiger partial charge in [0.1, 0.15) is 0 Å². The van der Waals surface area contributed by atoms with Crippen molar-refractivity contribution in [3.05, 3.63) is 35.4 Å². The molecule has 1 heteroatoms. The topological polar surface area (TPSA) is 23.8 Å². The average molecular weight is 155 g/mol. The molecule has 0 atom stereocenters. The summed E-state index contributed by atoms with van der Waals surface area (Å²) < 4.78 is 0. The normalized spacial score (nSPS) is 8.00. The first-order valence-corrected chi connectivity index (χ1v) is 3.86. The van der Waals surface area contributed by atoms with Crippen LogP contribution in [-0.2, 0) is 6.42 Å². The Hall–Kier alpha value is -1.73. The van der Waals surface area contributed by atoms with E-state index in [9.17, 15) is 0 Å². The molecule has 0 saturated heterocycles. The molecule has 0 amide bonds. The standard InChI is InChI=1S/C11H9N/c1-2-10-6-3-4-7-11(10)8-5-9-12/h3-4,6-7H,2H2,1H3. The maximum atomic E-state index is 8.27. The zero-order valence-corrected chi connectivity index (χ0v) is 6.96. The van der Waals surface area contributed by atoms with Crippen LogP contribution in [0.25, 0.3) is 0 Å². The van der Waals surface area contributed by atoms with Crippen LogP contribution in [0, 0.1) is 23.2 Å². The molecule has 0 aliphatic heterocycles. The Balaban J connectivity index is 3.07. The lowest BCUT2D eigenvalue weighted by Crippen LogP contribution is -1.85. The van der Waals surface area contributed by atoms with Crippen LogP contribution in [-0.4, -0.2) is 0 Å². The van der Waals surface area contributed by atoms with Gasteiger partial charge in [0.05, 0.1) is 0 Å². The van der Waals surface area contributed by atoms with Crippen LogP contribution in [0.3, 0.4) is 0 Å². The average Bonchev–Trinajstić information content (AvgIpc) is 2.15. The first-order valence-electron chi connectivity index (χ1n) is 3.86. The molecular weight excluding hydrogens is 146 g/mol. The molecule has 1 aromatic carbocycles. The van der Waals surface area contributed by atoms with Crippen molar-refractivity contribution in [2.24, 2.45) is 0 Å². The molecule has 0 N–H and O–H groups in total. The Morgan fingerprint density at radius 2 is 2.08 bits per heavy atom. The first kappa shape index (κ1) is 8.37. The number of nitriles is 1. The third-order valence-corrected chi connectivity index (χ3v) is 1.65. The lowest BCUT2D eigenvalue weighted by Gasteiger charge is -1.97. The molecule has 1 nitrogen and oxygen atoms in total. The fraction of sp³-hybridized carbons (Fsp3) is 0.182. The van der Waals surface area contributed by atoms with Gasteiger partial charge in [-0.15, -0.1) is 0 Å². The minimum absolute atomic E-state index is 0.955. The quantitative estimate of drug-likeness (QED) is 0.570. The summed E-state index contributed by atoms with van der Waals surface area (Å²) in [4.78, 5) is 0. The van der Waals surface area contributed by atoms with Crippen molar-refractivity contribution in [3.8, 4) is 17.9 Å². The van der Waals surface area contributed by atoms with E-state index in [0.717, 1.165) is 12.0 Å². The molecule has 1 rings (SSSR count). The predicted octanol–water partition coefficient (Wildman–Crippen LogP) is 2.12. The molecule has 0 aliphatic rings. The van der Waals surface area contributed by atoms with Gasteiger partial charge in [0, 0.05) is 11.5 Å². The minimum atomic E-state index is 0.955. The first-order chi connectivity index (χ1) is 5.88. The Bertz CT molecular complexity index is 361. The SMILES string of the molecule is CCc1ccccc1C#CC#N. The second-order valence-corrected chi connectivity index (χ2v) is 2.37. The molecule has 0 saturated carbocycles. The molecular formula is C11H9N. The fourth-order valence-corrected chi connectivity index (χ4v) is 1.05. The van der Waals surface area contributed by atoms with Crippen LogP contribution in [0.5, 0.6) is 0 Å². The van der Waals surface area contributed by atoms with Crippen LogP contribution in [0.1, 0.15) is 18.1 Å². The summed E-state index contributed by atoms with van der Waals surface area (Å²) >= 11 is 0. The van der Waals surface area contributed by atoms with E-state index >= 15 is 0 Å². The van der Waals surface area contributed by atoms with E-state index in [1.807, 2.05) is 24.3 Å². The molecule has 0 radical (unpaired) electrons. The highest BCUT2D eigenvalue weighted by molar-refractivity contribution is 5.43. The van der Waals surface area contributed by atoms with Crippen molar-refractivity contribution in [1.29, 1.82) is 5.26 Å². The second kappa shape index (κ2) is 4.21. The van der Waals surface area contributed by atoms with E-state index in [1.165, 1.54) is 5.56 Å². The van der Waals surface area contributed by atoms with Gasteiger partial charge in [0.25, 0.3) is 0 Å². The van der Waals surface area contributed by atoms with Crippen LogP contribution in [0.15, 0.2) is 24.3 Å². The highest BCUT2D eigenvalue weighted by Gasteiger charge is 1.93. The number of aryl methyl sites for hydroxylation is 1. The van der Waals surface area contributed by atoms with Gasteiger partial charge in [-0.1, -0.05) is 31.0 Å². The Labute approximate surface area is 72.6 Å². The van der Waals surface area contributed by atoms with Crippen molar-refractivity contribution >= 4 is 0 Å². The molecule has 0 aromatic heterocycles. The number of hydrogen-bond donors (Lipinski definition) is 0. The fourth-order valence-electron chi connectivity index (χ4n) is 1.05. The molecule has 0 spiro atoms. The van der Waals surface area contributed by atoms with Gasteiger partial charge >= 0.3 is 0 Å². The highest BCUT2D eigenvalue weighted by Crippen LogP contribution is 2.06. The zero-order valence-electron chi connectivity index (χ0n) is 6.96. The predicted molar refractivity (Wildman–Crippen MR) is 48.3 cm³/mol. The zero-order chi connectivity index (χ0) is 8.81. The number of nitrogens with zero attached hydrogens (tertiary/aromatic N) is 1. The van der Waals surface area contributed by atoms with Crippen molar-refractivity contribution in [3.63, 3.8) is 0 Å². The molecule has 0 bridgehead atoms. The van der Waals surface area contributed by atoms with E-state index in [2.05, 4.69) is 18.8 Å². The minimum Gasteiger partial charge on any atom is -0.183 e. The number of hydrogen-bond acceptors (Lipinski definition) is 1. The third kappa shape index (κ3) is 1.87. The van der Waals surface area contributed by atoms with Crippen molar-refractivity contribution in [2.75, 3.05) is 0 Å². The second-order valence-electron chi connectivity index (χ2n) is 2.37. The van der Waals surface area contributed by atoms with Gasteiger partial charge in [-0.2, -0.15) is 5.26 Å². The Kier molecular flexibility index (Phi) is 2.94. The lowest BCUT2D eigenvalue weighted by atomic mass is 10.1. The van der Waals surface area contributed by atoms with E-state index in [-0.39, 0.29) is 0 Å². The summed E-state index contributed by atoms with van der Waals surface area (Å²) in [5.41, 5.74) is 2.15. The van der Waals surface area contributed by atoms with Gasteiger partial charge < -0.3 is 0 Å². The molecule has 0 unspecified atom stereocenters. The van der Waals surface area contributed by atoms with Gasteiger partial charge in [0.2, 0.25) is 0 Å². The largest absolute Gasteiger partial charge is 0.183 e. The van der Waals surface area contributed by atoms with E-state index < -0.39 is 0 Å². The summed E-state index contributed by atoms with van der Waals surface area (Å²) in [7, 11) is 0. The van der Waals surface area contributed by atoms with Crippen LogP contribution >= 0.6 is 0 Å². The van der Waals surface area contributed by atoms with Crippen LogP contribution in [0.4, 0.5) is 0 Å². The van der Waals surface area contributed by atoms with Gasteiger partial charge in [-0.25, -0.2) is 0 Å². The summed E-state index contributed by atoms with van der Waals surface area (Å²) in [6, 6.07) is 9.68. The summed E-state index contributed by atoms with van der Waals surface area (Å²) in [6.45, 7) is 2.08. The molecule has 0 heterocycles. The maximum Gasteiger partial charge on any atom is 0.152 e. The van der Waals surface area contributed by atoms with Gasteiger partial charge in [-0.3, -0.25) is 0 Å². The maximum absolute atomic E-state index is 8.27. The van der Waals surface area contributed by atoms with Crippen LogP contribution in [0.2, 0.25) is 0 Å². The Morgan fingerprint density at radius 1 is 1.33 bits per heavy atom. The monoisotopic (exact) mass is 155 g/mol. The molecule has 58 valence electrons. The molecule has 1 aromatic rings. The lowest BCUT2D eigenvalue weighted by molar-refractivity contribution is 1.13. The highest BCUT2D eigenvalue weighted by atomic mass is 14.2. The number of rotatable bonds is 1. The van der Waals surface area contributed by atoms with Crippen molar-refractivity contribution < 1.29 is 0 Å². The molecule has 0 aliphatic carbocycles. The Morgan fingerprint density at radius 3 is 2.75 bits per heavy atom. The van der Waals surface area contributed by atoms with E-state index in [0.29, 0.717) is 0 Å². The van der Waals surface area contributed by atoms with E-state index in [1.54, 1.807) is 6.07 Å². The van der Waals surface area contributed by atoms with E-state index in [4.69, 9.17) is 5.26 Å². The summed E-state index contributed by atoms with van der Waals surface area (Å²) in [6.07, 6.45) is 0.955. The van der Waals surface area contributed by atoms with Crippen molar-refractivity contribution in [1.82, 2.24) is 0 Å². The third-order valence-electron chi connectivity index (χ3n) is 1.65.